The number of hydrogen-bond donors (Lipinski definition) is 3. The molecule has 80 heavy (non-hydrogen) atoms. The Labute approximate surface area is 461 Å². The Kier molecular flexibility index (Phi) is 12.5. The molecule has 12 aromatic rings. The van der Waals surface area contributed by atoms with Crippen LogP contribution in [0.3, 0.4) is 0 Å². The van der Waals surface area contributed by atoms with Crippen LogP contribution < -0.4 is 14.2 Å². The molecule has 12 rings (SSSR count). The van der Waals surface area contributed by atoms with E-state index in [1.165, 1.54) is 0 Å². The van der Waals surface area contributed by atoms with Crippen LogP contribution >= 0.6 is 0 Å². The van der Waals surface area contributed by atoms with Gasteiger partial charge >= 0.3 is 17.9 Å². The van der Waals surface area contributed by atoms with Crippen LogP contribution in [0.25, 0.3) is 50.2 Å². The average Bonchev–Trinajstić information content (AvgIpc) is 4.43. The third-order valence-electron chi connectivity index (χ3n) is 14.2. The Morgan fingerprint density at radius 2 is 0.750 bits per heavy atom. The lowest BCUT2D eigenvalue weighted by atomic mass is 9.80. The first kappa shape index (κ1) is 53.9. The molecule has 0 saturated heterocycles. The molecule has 0 saturated carbocycles. The van der Waals surface area contributed by atoms with Crippen molar-refractivity contribution in [1.29, 1.82) is 0 Å². The molecule has 3 N–H and O–H groups in total. The summed E-state index contributed by atoms with van der Waals surface area (Å²) < 4.78 is 27.5. The van der Waals surface area contributed by atoms with E-state index in [9.17, 15) is 29.7 Å². The fourth-order valence-corrected chi connectivity index (χ4v) is 9.23. The highest BCUT2D eigenvalue weighted by atomic mass is 16.5. The van der Waals surface area contributed by atoms with Crippen LogP contribution in [-0.4, -0.2) is 75.4 Å². The maximum atomic E-state index is 11.8. The van der Waals surface area contributed by atoms with Crippen molar-refractivity contribution in [3.05, 3.63) is 161 Å². The fourth-order valence-electron chi connectivity index (χ4n) is 9.23. The molecule has 414 valence electrons. The number of benzene rings is 6. The molecule has 0 unspecified atom stereocenters. The summed E-state index contributed by atoms with van der Waals surface area (Å²) in [6.45, 7) is 38.8. The number of aromatic nitrogens is 9. The maximum absolute atomic E-state index is 11.8. The third kappa shape index (κ3) is 9.39. The van der Waals surface area contributed by atoms with Gasteiger partial charge in [-0.25, -0.2) is 14.4 Å². The summed E-state index contributed by atoms with van der Waals surface area (Å²) >= 11 is 0. The van der Waals surface area contributed by atoms with Crippen molar-refractivity contribution >= 4 is 51.0 Å². The lowest BCUT2D eigenvalue weighted by molar-refractivity contribution is -0.130. The number of aryl methyl sites for hydroxylation is 2. The number of nitrogens with zero attached hydrogens (tertiary/aromatic N) is 9. The van der Waals surface area contributed by atoms with Crippen molar-refractivity contribution in [3.63, 3.8) is 0 Å². The van der Waals surface area contributed by atoms with Crippen LogP contribution in [0, 0.1) is 13.8 Å². The Balaban J connectivity index is 0.000000136. The molecular weight excluding hydrogens is 1010 g/mol. The molecule has 0 atom stereocenters. The third-order valence-corrected chi connectivity index (χ3v) is 14.2. The molecule has 18 heteroatoms. The van der Waals surface area contributed by atoms with E-state index in [4.69, 9.17) is 14.2 Å². The minimum Gasteiger partial charge on any atom is -0.506 e. The van der Waals surface area contributed by atoms with E-state index >= 15 is 0 Å². The molecule has 0 aliphatic heterocycles. The second kappa shape index (κ2) is 18.6. The molecule has 0 fully saturated rings. The molecule has 0 spiro atoms. The Bertz CT molecular complexity index is 4440. The summed E-state index contributed by atoms with van der Waals surface area (Å²) in [7, 11) is 0. The van der Waals surface area contributed by atoms with Gasteiger partial charge in [0, 0.05) is 40.5 Å². The molecule has 0 radical (unpaired) electrons. The summed E-state index contributed by atoms with van der Waals surface area (Å²) in [4.78, 5) is 40.8. The topological polar surface area (TPSA) is 181 Å². The molecule has 18 nitrogen and oxygen atoms in total. The van der Waals surface area contributed by atoms with Gasteiger partial charge in [0.2, 0.25) is 0 Å². The highest BCUT2D eigenvalue weighted by molar-refractivity contribution is 5.92. The first-order valence-corrected chi connectivity index (χ1v) is 26.1. The number of carbonyl (C=O) groups excluding carboxylic acids is 3. The van der Waals surface area contributed by atoms with Gasteiger partial charge < -0.3 is 29.5 Å². The molecule has 6 heterocycles. The van der Waals surface area contributed by atoms with E-state index in [1.807, 2.05) is 105 Å². The van der Waals surface area contributed by atoms with Gasteiger partial charge in [0.05, 0.1) is 0 Å². The first-order valence-electron chi connectivity index (χ1n) is 26.1. The lowest BCUT2D eigenvalue weighted by Crippen LogP contribution is -2.17. The fraction of sp³-hybridized carbons (Fsp3) is 0.274. The quantitative estimate of drug-likeness (QED) is 0.0720. The van der Waals surface area contributed by atoms with Crippen molar-refractivity contribution in [2.24, 2.45) is 0 Å². The van der Waals surface area contributed by atoms with Crippen LogP contribution in [-0.2, 0) is 30.6 Å². The molecule has 0 aliphatic rings. The number of aromatic hydroxyl groups is 3. The number of carbonyl (C=O) groups is 3. The Morgan fingerprint density at radius 1 is 0.400 bits per heavy atom. The zero-order chi connectivity index (χ0) is 58.1. The number of hydrogen-bond acceptors (Lipinski definition) is 9. The maximum Gasteiger partial charge on any atom is 0.338 e. The molecule has 0 bridgehead atoms. The van der Waals surface area contributed by atoms with Crippen LogP contribution in [0.5, 0.6) is 34.5 Å². The van der Waals surface area contributed by atoms with Crippen LogP contribution in [0.4, 0.5) is 0 Å². The number of fused-ring (bicyclic) bond motifs is 12. The van der Waals surface area contributed by atoms with Gasteiger partial charge in [-0.1, -0.05) is 94.2 Å². The van der Waals surface area contributed by atoms with Crippen molar-refractivity contribution in [1.82, 2.24) is 42.2 Å². The summed E-state index contributed by atoms with van der Waals surface area (Å²) in [6.07, 6.45) is 0. The smallest absolute Gasteiger partial charge is 0.338 e. The second-order valence-corrected chi connectivity index (χ2v) is 23.8. The van der Waals surface area contributed by atoms with Crippen LogP contribution in [0.2, 0.25) is 0 Å². The minimum atomic E-state index is -0.445. The van der Waals surface area contributed by atoms with Crippen LogP contribution in [0.15, 0.2) is 134 Å². The van der Waals surface area contributed by atoms with E-state index in [1.54, 1.807) is 63.2 Å². The largest absolute Gasteiger partial charge is 0.506 e. The predicted octanol–water partition coefficient (Wildman–Crippen LogP) is 12.3. The van der Waals surface area contributed by atoms with Crippen LogP contribution in [0.1, 0.15) is 111 Å². The molecular formula is C62H67N9O9. The number of phenolic OH excluding ortho intramolecular Hbond substituents is 3. The van der Waals surface area contributed by atoms with E-state index in [0.29, 0.717) is 39.7 Å². The first-order chi connectivity index (χ1) is 37.4. The van der Waals surface area contributed by atoms with Gasteiger partial charge in [-0.3, -0.25) is 0 Å². The van der Waals surface area contributed by atoms with Crippen molar-refractivity contribution in [2.45, 2.75) is 113 Å². The van der Waals surface area contributed by atoms with Crippen molar-refractivity contribution < 1.29 is 43.9 Å². The lowest BCUT2D eigenvalue weighted by Gasteiger charge is -2.26. The monoisotopic (exact) mass is 1080 g/mol. The summed E-state index contributed by atoms with van der Waals surface area (Å²) in [5, 5.41) is 31.7. The van der Waals surface area contributed by atoms with Gasteiger partial charge in [-0.2, -0.15) is 0 Å². The number of phenols is 3. The highest BCUT2D eigenvalue weighted by Crippen LogP contribution is 2.42. The molecule has 6 aromatic heterocycles. The zero-order valence-electron chi connectivity index (χ0n) is 47.7. The molecule has 0 aliphatic carbocycles. The number of esters is 3. The van der Waals surface area contributed by atoms with Gasteiger partial charge in [0.1, 0.15) is 84.7 Å². The summed E-state index contributed by atoms with van der Waals surface area (Å²) in [5.41, 5.74) is 14.0. The van der Waals surface area contributed by atoms with E-state index in [-0.39, 0.29) is 33.5 Å². The summed E-state index contributed by atoms with van der Waals surface area (Å²) in [5.74, 6) is 0.799. The Hall–Kier alpha value is -9.45. The highest BCUT2D eigenvalue weighted by Gasteiger charge is 2.33. The SMILES string of the molecule is C=C(C)C(=O)Oc1ccc2c(c1)n1n(-c3cc(C(C)(C)C)cc(C(C)(C)C)c3O)n21.C=C(C)C(=O)Oc1ccc2c(c1)n1n(-c3cc(C(C)(C)C)ccc3O)n21.C=C(C)C(=O)Oc1ccc2c(c1)n1n(-c3cc(C)c(C)cc3O)n21. The minimum absolute atomic E-state index is 0.0149. The zero-order valence-corrected chi connectivity index (χ0v) is 47.7. The molecule has 6 aromatic carbocycles. The average molecular weight is 1080 g/mol. The second-order valence-electron chi connectivity index (χ2n) is 23.8. The van der Waals surface area contributed by atoms with E-state index in [0.717, 1.165) is 72.3 Å². The molecule has 0 amide bonds. The standard InChI is InChI=1S/C24H29N3O3.C20H21N3O3.C18H17N3O3/c1-14(2)22(29)30-16-9-10-18-19(13-16)26-25(18)27(26)20-12-15(23(3,4)5)11-17(21(20)28)24(6,7)8;1-12(2)19(25)26-14-7-8-15-16(11-14)22-21(15)23(22)17-10-13(20(3,4)5)6-9-18(17)24;1-10(2)18(23)24-13-5-6-14-15(9-13)20-19(14)21(20)16-7-11(3)12(4)8-17(16)22/h9-13,28H,1H2,2-8H3;6-11,24H,1H2,2-5H3;5-9,22H,1H2,2-4H3. The van der Waals surface area contributed by atoms with E-state index in [2.05, 4.69) is 88.1 Å². The van der Waals surface area contributed by atoms with Gasteiger partial charge in [-0.15, -0.1) is 42.2 Å². The van der Waals surface area contributed by atoms with Crippen molar-refractivity contribution in [3.8, 4) is 51.6 Å². The van der Waals surface area contributed by atoms with Crippen molar-refractivity contribution in [2.75, 3.05) is 0 Å². The Morgan fingerprint density at radius 3 is 1.12 bits per heavy atom. The number of rotatable bonds is 9. The summed E-state index contributed by atoms with van der Waals surface area (Å²) in [6, 6.07) is 29.9. The normalized spacial score (nSPS) is 12.3. The number of ether oxygens (including phenoxy) is 3. The predicted molar refractivity (Wildman–Crippen MR) is 309 cm³/mol. The van der Waals surface area contributed by atoms with Gasteiger partial charge in [0.15, 0.2) is 0 Å². The van der Waals surface area contributed by atoms with Gasteiger partial charge in [-0.05, 0) is 140 Å². The van der Waals surface area contributed by atoms with Gasteiger partial charge in [0.25, 0.3) is 0 Å². The van der Waals surface area contributed by atoms with E-state index < -0.39 is 17.9 Å².